The number of furan rings is 1. The monoisotopic (exact) mass is 294 g/mol. The molecule has 1 aliphatic rings. The second kappa shape index (κ2) is 8.57. The molecule has 0 aromatic carbocycles. The van der Waals surface area contributed by atoms with Crippen LogP contribution >= 0.6 is 0 Å². The van der Waals surface area contributed by atoms with Crippen LogP contribution < -0.4 is 5.32 Å². The van der Waals surface area contributed by atoms with E-state index in [9.17, 15) is 0 Å². The number of hydrogen-bond donors (Lipinski definition) is 1. The molecule has 1 aromatic heterocycles. The van der Waals surface area contributed by atoms with Crippen LogP contribution in [0.15, 0.2) is 10.5 Å². The van der Waals surface area contributed by atoms with Crippen LogP contribution in [0, 0.1) is 6.92 Å². The van der Waals surface area contributed by atoms with Gasteiger partial charge in [-0.2, -0.15) is 0 Å². The van der Waals surface area contributed by atoms with Crippen molar-refractivity contribution in [3.8, 4) is 0 Å². The average molecular weight is 294 g/mol. The molecule has 21 heavy (non-hydrogen) atoms. The normalized spacial score (nSPS) is 19.3. The summed E-state index contributed by atoms with van der Waals surface area (Å²) >= 11 is 0. The van der Waals surface area contributed by atoms with Crippen molar-refractivity contribution in [2.45, 2.75) is 58.7 Å². The quantitative estimate of drug-likeness (QED) is 0.748. The maximum atomic E-state index is 5.98. The van der Waals surface area contributed by atoms with Gasteiger partial charge in [-0.25, -0.2) is 0 Å². The van der Waals surface area contributed by atoms with E-state index in [0.717, 1.165) is 50.7 Å². The highest BCUT2D eigenvalue weighted by molar-refractivity contribution is 5.20. The smallest absolute Gasteiger partial charge is 0.120 e. The summed E-state index contributed by atoms with van der Waals surface area (Å²) in [5.41, 5.74) is 1.25. The van der Waals surface area contributed by atoms with Crippen LogP contribution in [0.4, 0.5) is 0 Å². The van der Waals surface area contributed by atoms with E-state index in [1.807, 2.05) is 0 Å². The first-order valence-corrected chi connectivity index (χ1v) is 8.28. The topological polar surface area (TPSA) is 37.6 Å². The van der Waals surface area contributed by atoms with Crippen LogP contribution in [-0.2, 0) is 17.8 Å². The Balaban J connectivity index is 1.79. The molecule has 0 amide bonds. The predicted molar refractivity (Wildman–Crippen MR) is 85.4 cm³/mol. The lowest BCUT2D eigenvalue weighted by Gasteiger charge is -2.26. The largest absolute Gasteiger partial charge is 0.463 e. The summed E-state index contributed by atoms with van der Waals surface area (Å²) < 4.78 is 11.8. The molecule has 0 aliphatic carbocycles. The number of ether oxygens (including phenoxy) is 1. The Bertz CT molecular complexity index is 411. The first-order valence-electron chi connectivity index (χ1n) is 8.28. The molecular weight excluding hydrogens is 264 g/mol. The van der Waals surface area contributed by atoms with Gasteiger partial charge in [-0.05, 0) is 57.8 Å². The summed E-state index contributed by atoms with van der Waals surface area (Å²) in [5.74, 6) is 2.12. The Kier molecular flexibility index (Phi) is 6.74. The van der Waals surface area contributed by atoms with Crippen LogP contribution in [0.5, 0.6) is 0 Å². The molecule has 1 atom stereocenters. The summed E-state index contributed by atoms with van der Waals surface area (Å²) in [7, 11) is 2.14. The summed E-state index contributed by atoms with van der Waals surface area (Å²) in [6.07, 6.45) is 5.24. The highest BCUT2D eigenvalue weighted by Gasteiger charge is 2.17. The second-order valence-corrected chi connectivity index (χ2v) is 6.18. The molecule has 2 rings (SSSR count). The Morgan fingerprint density at radius 3 is 2.95 bits per heavy atom. The lowest BCUT2D eigenvalue weighted by atomic mass is 10.1. The van der Waals surface area contributed by atoms with Gasteiger partial charge in [-0.15, -0.1) is 0 Å². The van der Waals surface area contributed by atoms with Crippen molar-refractivity contribution in [3.05, 3.63) is 23.2 Å². The van der Waals surface area contributed by atoms with Crippen molar-refractivity contribution < 1.29 is 9.15 Å². The molecule has 1 aromatic rings. The number of rotatable bonds is 8. The van der Waals surface area contributed by atoms with Gasteiger partial charge in [0.05, 0.1) is 19.2 Å². The number of nitrogens with one attached hydrogen (secondary N) is 1. The fourth-order valence-electron chi connectivity index (χ4n) is 2.85. The van der Waals surface area contributed by atoms with E-state index in [1.165, 1.54) is 24.8 Å². The highest BCUT2D eigenvalue weighted by atomic mass is 16.5. The highest BCUT2D eigenvalue weighted by Crippen LogP contribution is 2.18. The van der Waals surface area contributed by atoms with E-state index in [1.54, 1.807) is 0 Å². The van der Waals surface area contributed by atoms with E-state index in [2.05, 4.69) is 37.2 Å². The molecule has 2 heterocycles. The SMILES string of the molecule is CCCNCc1oc(CN(C)CC2CCCCO2)cc1C. The standard InChI is InChI=1S/C17H30N2O2/c1-4-8-18-11-17-14(2)10-16(21-17)13-19(3)12-15-7-5-6-9-20-15/h10,15,18H,4-9,11-13H2,1-3H3. The zero-order chi connectivity index (χ0) is 15.1. The van der Waals surface area contributed by atoms with Crippen molar-refractivity contribution in [2.24, 2.45) is 0 Å². The lowest BCUT2D eigenvalue weighted by molar-refractivity contribution is -0.00342. The lowest BCUT2D eigenvalue weighted by Crippen LogP contribution is -2.32. The number of nitrogens with zero attached hydrogens (tertiary/aromatic N) is 1. The minimum absolute atomic E-state index is 0.394. The van der Waals surface area contributed by atoms with Gasteiger partial charge < -0.3 is 14.5 Å². The minimum atomic E-state index is 0.394. The zero-order valence-electron chi connectivity index (χ0n) is 13.8. The van der Waals surface area contributed by atoms with Crippen molar-refractivity contribution in [1.29, 1.82) is 0 Å². The first-order chi connectivity index (χ1) is 10.2. The Hall–Kier alpha value is -0.840. The van der Waals surface area contributed by atoms with Gasteiger partial charge in [-0.1, -0.05) is 6.92 Å². The molecule has 4 heteroatoms. The number of aryl methyl sites for hydroxylation is 1. The van der Waals surface area contributed by atoms with Crippen LogP contribution in [0.25, 0.3) is 0 Å². The molecule has 0 bridgehead atoms. The average Bonchev–Trinajstić information content (AvgIpc) is 2.80. The molecule has 1 N–H and O–H groups in total. The molecule has 0 radical (unpaired) electrons. The molecule has 0 saturated carbocycles. The van der Waals surface area contributed by atoms with E-state index in [0.29, 0.717) is 6.10 Å². The van der Waals surface area contributed by atoms with Gasteiger partial charge >= 0.3 is 0 Å². The van der Waals surface area contributed by atoms with E-state index >= 15 is 0 Å². The maximum absolute atomic E-state index is 5.98. The molecular formula is C17H30N2O2. The summed E-state index contributed by atoms with van der Waals surface area (Å²) in [5, 5.41) is 3.40. The van der Waals surface area contributed by atoms with Gasteiger partial charge in [0.15, 0.2) is 0 Å². The van der Waals surface area contributed by atoms with E-state index < -0.39 is 0 Å². The van der Waals surface area contributed by atoms with Gasteiger partial charge in [0, 0.05) is 13.2 Å². The molecule has 4 nitrogen and oxygen atoms in total. The third-order valence-corrected chi connectivity index (χ3v) is 4.00. The van der Waals surface area contributed by atoms with Crippen LogP contribution in [0.1, 0.15) is 49.7 Å². The molecule has 0 spiro atoms. The third-order valence-electron chi connectivity index (χ3n) is 4.00. The predicted octanol–water partition coefficient (Wildman–Crippen LogP) is 3.09. The molecule has 1 saturated heterocycles. The van der Waals surface area contributed by atoms with Crippen molar-refractivity contribution >= 4 is 0 Å². The summed E-state index contributed by atoms with van der Waals surface area (Å²) in [4.78, 5) is 2.30. The summed E-state index contributed by atoms with van der Waals surface area (Å²) in [6.45, 7) is 8.93. The number of likely N-dealkylation sites (N-methyl/N-ethyl adjacent to an activating group) is 1. The van der Waals surface area contributed by atoms with Crippen LogP contribution in [0.2, 0.25) is 0 Å². The summed E-state index contributed by atoms with van der Waals surface area (Å²) in [6, 6.07) is 2.17. The zero-order valence-corrected chi connectivity index (χ0v) is 13.8. The minimum Gasteiger partial charge on any atom is -0.463 e. The van der Waals surface area contributed by atoms with Gasteiger partial charge in [0.2, 0.25) is 0 Å². The van der Waals surface area contributed by atoms with E-state index in [-0.39, 0.29) is 0 Å². The first kappa shape index (κ1) is 16.5. The molecule has 120 valence electrons. The number of hydrogen-bond acceptors (Lipinski definition) is 4. The molecule has 1 fully saturated rings. The third kappa shape index (κ3) is 5.46. The van der Waals surface area contributed by atoms with Gasteiger partial charge in [-0.3, -0.25) is 4.90 Å². The van der Waals surface area contributed by atoms with E-state index in [4.69, 9.17) is 9.15 Å². The van der Waals surface area contributed by atoms with Crippen molar-refractivity contribution in [3.63, 3.8) is 0 Å². The van der Waals surface area contributed by atoms with Gasteiger partial charge in [0.25, 0.3) is 0 Å². The van der Waals surface area contributed by atoms with Gasteiger partial charge in [0.1, 0.15) is 11.5 Å². The Morgan fingerprint density at radius 1 is 1.38 bits per heavy atom. The van der Waals surface area contributed by atoms with Crippen LogP contribution in [-0.4, -0.2) is 37.7 Å². The maximum Gasteiger partial charge on any atom is 0.120 e. The van der Waals surface area contributed by atoms with Crippen molar-refractivity contribution in [1.82, 2.24) is 10.2 Å². The fourth-order valence-corrected chi connectivity index (χ4v) is 2.85. The van der Waals surface area contributed by atoms with Crippen molar-refractivity contribution in [2.75, 3.05) is 26.7 Å². The molecule has 1 unspecified atom stereocenters. The van der Waals surface area contributed by atoms with Crippen LogP contribution in [0.3, 0.4) is 0 Å². The fraction of sp³-hybridized carbons (Fsp3) is 0.765. The second-order valence-electron chi connectivity index (χ2n) is 6.18. The Morgan fingerprint density at radius 2 is 2.24 bits per heavy atom. The molecule has 1 aliphatic heterocycles. The Labute approximate surface area is 128 Å².